The van der Waals surface area contributed by atoms with E-state index >= 15 is 0 Å². The fourth-order valence-electron chi connectivity index (χ4n) is 1.42. The van der Waals surface area contributed by atoms with Crippen molar-refractivity contribution < 1.29 is 4.79 Å². The standard InChI is InChI=1S/C12H8Cl2OS/c1-7(15)8-2-4-9(5-3-8)10-6-11(13)16-12(10)14/h2-6H,1H3. The van der Waals surface area contributed by atoms with E-state index in [4.69, 9.17) is 23.2 Å². The molecule has 0 fully saturated rings. The van der Waals surface area contributed by atoms with Gasteiger partial charge in [-0.3, -0.25) is 4.79 Å². The van der Waals surface area contributed by atoms with Crippen molar-refractivity contribution in [1.82, 2.24) is 0 Å². The molecule has 0 spiro atoms. The van der Waals surface area contributed by atoms with Crippen LogP contribution >= 0.6 is 34.5 Å². The zero-order chi connectivity index (χ0) is 11.7. The molecule has 4 heteroatoms. The van der Waals surface area contributed by atoms with Crippen molar-refractivity contribution in [2.75, 3.05) is 0 Å². The number of hydrogen-bond donors (Lipinski definition) is 0. The second-order valence-corrected chi connectivity index (χ2v) is 5.66. The number of carbonyl (C=O) groups excluding carboxylic acids is 1. The van der Waals surface area contributed by atoms with Gasteiger partial charge in [-0.25, -0.2) is 0 Å². The van der Waals surface area contributed by atoms with E-state index in [9.17, 15) is 4.79 Å². The average Bonchev–Trinajstić information content (AvgIpc) is 2.58. The lowest BCUT2D eigenvalue weighted by Crippen LogP contribution is -1.90. The van der Waals surface area contributed by atoms with Crippen LogP contribution in [0.3, 0.4) is 0 Å². The molecule has 0 unspecified atom stereocenters. The Hall–Kier alpha value is -0.830. The van der Waals surface area contributed by atoms with Crippen LogP contribution in [-0.4, -0.2) is 5.78 Å². The highest BCUT2D eigenvalue weighted by Crippen LogP contribution is 2.38. The van der Waals surface area contributed by atoms with Crippen LogP contribution in [0.4, 0.5) is 0 Å². The van der Waals surface area contributed by atoms with E-state index in [1.165, 1.54) is 11.3 Å². The molecule has 0 aliphatic carbocycles. The minimum atomic E-state index is 0.0565. The van der Waals surface area contributed by atoms with Crippen molar-refractivity contribution in [1.29, 1.82) is 0 Å². The van der Waals surface area contributed by atoms with Crippen molar-refractivity contribution in [2.24, 2.45) is 0 Å². The molecule has 1 heterocycles. The third-order valence-electron chi connectivity index (χ3n) is 2.26. The predicted octanol–water partition coefficient (Wildman–Crippen LogP) is 4.92. The van der Waals surface area contributed by atoms with Gasteiger partial charge in [-0.1, -0.05) is 47.5 Å². The highest BCUT2D eigenvalue weighted by molar-refractivity contribution is 7.20. The fourth-order valence-corrected chi connectivity index (χ4v) is 2.93. The van der Waals surface area contributed by atoms with Crippen LogP contribution in [0.15, 0.2) is 30.3 Å². The Balaban J connectivity index is 2.42. The maximum atomic E-state index is 11.1. The minimum Gasteiger partial charge on any atom is -0.295 e. The highest BCUT2D eigenvalue weighted by atomic mass is 35.5. The first kappa shape index (κ1) is 11.6. The molecule has 0 bridgehead atoms. The molecule has 0 aliphatic rings. The maximum absolute atomic E-state index is 11.1. The first-order chi connectivity index (χ1) is 7.58. The molecular formula is C12H8Cl2OS. The monoisotopic (exact) mass is 270 g/mol. The Morgan fingerprint density at radius 3 is 2.25 bits per heavy atom. The van der Waals surface area contributed by atoms with Gasteiger partial charge < -0.3 is 0 Å². The van der Waals surface area contributed by atoms with E-state index in [0.29, 0.717) is 14.2 Å². The topological polar surface area (TPSA) is 17.1 Å². The highest BCUT2D eigenvalue weighted by Gasteiger charge is 2.08. The number of rotatable bonds is 2. The summed E-state index contributed by atoms with van der Waals surface area (Å²) in [7, 11) is 0. The Morgan fingerprint density at radius 1 is 1.19 bits per heavy atom. The molecule has 0 aliphatic heterocycles. The molecule has 2 aromatic rings. The Morgan fingerprint density at radius 2 is 1.81 bits per heavy atom. The van der Waals surface area contributed by atoms with Gasteiger partial charge >= 0.3 is 0 Å². The maximum Gasteiger partial charge on any atom is 0.159 e. The smallest absolute Gasteiger partial charge is 0.159 e. The van der Waals surface area contributed by atoms with Gasteiger partial charge in [0.05, 0.1) is 4.34 Å². The molecule has 0 saturated carbocycles. The van der Waals surface area contributed by atoms with Crippen molar-refractivity contribution in [3.63, 3.8) is 0 Å². The SMILES string of the molecule is CC(=O)c1ccc(-c2cc(Cl)sc2Cl)cc1. The number of carbonyl (C=O) groups is 1. The molecule has 2 rings (SSSR count). The van der Waals surface area contributed by atoms with Crippen LogP contribution in [0, 0.1) is 0 Å². The normalized spacial score (nSPS) is 10.4. The largest absolute Gasteiger partial charge is 0.295 e. The second-order valence-electron chi connectivity index (χ2n) is 3.37. The summed E-state index contributed by atoms with van der Waals surface area (Å²) in [5.41, 5.74) is 2.58. The summed E-state index contributed by atoms with van der Waals surface area (Å²) in [6.07, 6.45) is 0. The van der Waals surface area contributed by atoms with Crippen LogP contribution in [0.5, 0.6) is 0 Å². The van der Waals surface area contributed by atoms with Crippen molar-refractivity contribution in [3.8, 4) is 11.1 Å². The van der Waals surface area contributed by atoms with Crippen molar-refractivity contribution >= 4 is 40.3 Å². The van der Waals surface area contributed by atoms with Crippen LogP contribution in [0.25, 0.3) is 11.1 Å². The first-order valence-electron chi connectivity index (χ1n) is 4.64. The molecule has 0 radical (unpaired) electrons. The van der Waals surface area contributed by atoms with E-state index in [1.807, 2.05) is 18.2 Å². The molecule has 1 aromatic carbocycles. The van der Waals surface area contributed by atoms with Crippen molar-refractivity contribution in [3.05, 3.63) is 44.6 Å². The zero-order valence-electron chi connectivity index (χ0n) is 8.46. The molecule has 0 amide bonds. The van der Waals surface area contributed by atoms with E-state index in [0.717, 1.165) is 11.1 Å². The van der Waals surface area contributed by atoms with Crippen LogP contribution in [-0.2, 0) is 0 Å². The van der Waals surface area contributed by atoms with Gasteiger partial charge in [-0.15, -0.1) is 11.3 Å². The lowest BCUT2D eigenvalue weighted by molar-refractivity contribution is 0.101. The van der Waals surface area contributed by atoms with Gasteiger partial charge in [-0.05, 0) is 18.6 Å². The number of hydrogen-bond acceptors (Lipinski definition) is 2. The Labute approximate surface area is 108 Å². The minimum absolute atomic E-state index is 0.0565. The van der Waals surface area contributed by atoms with Gasteiger partial charge in [0.25, 0.3) is 0 Å². The summed E-state index contributed by atoms with van der Waals surface area (Å²) in [5, 5.41) is 0. The number of thiophene rings is 1. The molecule has 0 N–H and O–H groups in total. The Bertz CT molecular complexity index is 528. The van der Waals surface area contributed by atoms with Crippen LogP contribution < -0.4 is 0 Å². The van der Waals surface area contributed by atoms with E-state index in [2.05, 4.69) is 0 Å². The molecule has 0 atom stereocenters. The molecule has 16 heavy (non-hydrogen) atoms. The van der Waals surface area contributed by atoms with E-state index in [-0.39, 0.29) is 5.78 Å². The summed E-state index contributed by atoms with van der Waals surface area (Å²) < 4.78 is 1.33. The molecule has 1 aromatic heterocycles. The van der Waals surface area contributed by atoms with Gasteiger partial charge in [0, 0.05) is 11.1 Å². The number of halogens is 2. The third-order valence-corrected chi connectivity index (χ3v) is 3.75. The summed E-state index contributed by atoms with van der Waals surface area (Å²) >= 11 is 13.3. The lowest BCUT2D eigenvalue weighted by atomic mass is 10.1. The molecule has 1 nitrogen and oxygen atoms in total. The number of Topliss-reactive ketones (excluding diaryl/α,β-unsaturated/α-hetero) is 1. The second kappa shape index (κ2) is 4.58. The third kappa shape index (κ3) is 2.29. The average molecular weight is 271 g/mol. The summed E-state index contributed by atoms with van der Waals surface area (Å²) in [6.45, 7) is 1.55. The molecule has 0 saturated heterocycles. The predicted molar refractivity (Wildman–Crippen MR) is 69.8 cm³/mol. The fraction of sp³-hybridized carbons (Fsp3) is 0.0833. The molecular weight excluding hydrogens is 263 g/mol. The summed E-state index contributed by atoms with van der Waals surface area (Å²) in [4.78, 5) is 11.1. The van der Waals surface area contributed by atoms with Gasteiger partial charge in [0.1, 0.15) is 4.34 Å². The van der Waals surface area contributed by atoms with Crippen LogP contribution in [0.1, 0.15) is 17.3 Å². The van der Waals surface area contributed by atoms with Crippen LogP contribution in [0.2, 0.25) is 8.67 Å². The zero-order valence-corrected chi connectivity index (χ0v) is 10.8. The first-order valence-corrected chi connectivity index (χ1v) is 6.21. The summed E-state index contributed by atoms with van der Waals surface area (Å²) in [6, 6.07) is 9.17. The van der Waals surface area contributed by atoms with E-state index < -0.39 is 0 Å². The van der Waals surface area contributed by atoms with Gasteiger partial charge in [-0.2, -0.15) is 0 Å². The van der Waals surface area contributed by atoms with Gasteiger partial charge in [0.15, 0.2) is 5.78 Å². The summed E-state index contributed by atoms with van der Waals surface area (Å²) in [5.74, 6) is 0.0565. The molecule has 82 valence electrons. The quantitative estimate of drug-likeness (QED) is 0.708. The Kier molecular flexibility index (Phi) is 3.33. The number of ketones is 1. The number of benzene rings is 1. The van der Waals surface area contributed by atoms with E-state index in [1.54, 1.807) is 19.1 Å². The van der Waals surface area contributed by atoms with Crippen molar-refractivity contribution in [2.45, 2.75) is 6.92 Å². The van der Waals surface area contributed by atoms with Gasteiger partial charge in [0.2, 0.25) is 0 Å². The lowest BCUT2D eigenvalue weighted by Gasteiger charge is -2.00.